The van der Waals surface area contributed by atoms with Gasteiger partial charge in [0.05, 0.1) is 5.69 Å². The van der Waals surface area contributed by atoms with Crippen molar-refractivity contribution >= 4 is 11.5 Å². The molecule has 0 aromatic heterocycles. The first kappa shape index (κ1) is 15.8. The van der Waals surface area contributed by atoms with Gasteiger partial charge in [0.25, 0.3) is 0 Å². The lowest BCUT2D eigenvalue weighted by atomic mass is 9.99. The zero-order chi connectivity index (χ0) is 15.2. The molecule has 1 heterocycles. The van der Waals surface area contributed by atoms with E-state index in [1.807, 2.05) is 0 Å². The van der Waals surface area contributed by atoms with Crippen LogP contribution in [0.15, 0.2) is 18.2 Å². The van der Waals surface area contributed by atoms with Crippen LogP contribution in [0.4, 0.5) is 5.69 Å². The second kappa shape index (κ2) is 7.46. The fourth-order valence-corrected chi connectivity index (χ4v) is 2.80. The molecule has 0 bridgehead atoms. The molecule has 0 saturated carbocycles. The molecule has 0 atom stereocenters. The van der Waals surface area contributed by atoms with Crippen molar-refractivity contribution in [2.75, 3.05) is 32.0 Å². The molecule has 0 amide bonds. The quantitative estimate of drug-likeness (QED) is 0.624. The number of nitrogens with one attached hydrogen (secondary N) is 1. The highest BCUT2D eigenvalue weighted by molar-refractivity contribution is 5.97. The molecule has 1 aromatic rings. The van der Waals surface area contributed by atoms with Crippen LogP contribution < -0.4 is 5.32 Å². The molecular formula is C17H26N2O2. The van der Waals surface area contributed by atoms with E-state index in [1.165, 1.54) is 25.9 Å². The summed E-state index contributed by atoms with van der Waals surface area (Å²) in [5, 5.41) is 12.5. The Kier molecular flexibility index (Phi) is 5.62. The number of benzene rings is 1. The van der Waals surface area contributed by atoms with Gasteiger partial charge in [-0.1, -0.05) is 6.92 Å². The van der Waals surface area contributed by atoms with Crippen LogP contribution in [0.1, 0.15) is 43.0 Å². The standard InChI is InChI=1S/C17H26N2O2/c1-13-7-10-19(11-8-13)9-3-4-16(20)14-5-6-17(21)15(12-14)18-2/h5-6,12-13,18,21H,3-4,7-11H2,1-2H3. The third kappa shape index (κ3) is 4.46. The van der Waals surface area contributed by atoms with Gasteiger partial charge in [-0.25, -0.2) is 0 Å². The van der Waals surface area contributed by atoms with Crippen LogP contribution in [-0.4, -0.2) is 42.5 Å². The van der Waals surface area contributed by atoms with Gasteiger partial charge in [0.2, 0.25) is 0 Å². The predicted molar refractivity (Wildman–Crippen MR) is 86.1 cm³/mol. The maximum atomic E-state index is 12.2. The number of piperidine rings is 1. The van der Waals surface area contributed by atoms with E-state index in [4.69, 9.17) is 0 Å². The maximum absolute atomic E-state index is 12.2. The summed E-state index contributed by atoms with van der Waals surface area (Å²) in [5.74, 6) is 1.17. The smallest absolute Gasteiger partial charge is 0.163 e. The number of ketones is 1. The first-order valence-electron chi connectivity index (χ1n) is 7.86. The molecule has 116 valence electrons. The number of aromatic hydroxyl groups is 1. The first-order chi connectivity index (χ1) is 10.1. The van der Waals surface area contributed by atoms with E-state index in [9.17, 15) is 9.90 Å². The number of likely N-dealkylation sites (tertiary alicyclic amines) is 1. The van der Waals surface area contributed by atoms with Crippen molar-refractivity contribution in [3.8, 4) is 5.75 Å². The molecule has 1 aliphatic rings. The summed E-state index contributed by atoms with van der Waals surface area (Å²) in [6.07, 6.45) is 4.03. The highest BCUT2D eigenvalue weighted by atomic mass is 16.3. The first-order valence-corrected chi connectivity index (χ1v) is 7.86. The van der Waals surface area contributed by atoms with Crippen LogP contribution in [0.3, 0.4) is 0 Å². The Morgan fingerprint density at radius 1 is 1.38 bits per heavy atom. The van der Waals surface area contributed by atoms with Crippen LogP contribution in [0.2, 0.25) is 0 Å². The molecule has 1 aromatic carbocycles. The number of nitrogens with zero attached hydrogens (tertiary/aromatic N) is 1. The van der Waals surface area contributed by atoms with Gasteiger partial charge in [-0.3, -0.25) is 4.79 Å². The molecule has 1 saturated heterocycles. The van der Waals surface area contributed by atoms with E-state index in [2.05, 4.69) is 17.1 Å². The zero-order valence-corrected chi connectivity index (χ0v) is 13.1. The molecule has 4 nitrogen and oxygen atoms in total. The molecule has 0 unspecified atom stereocenters. The van der Waals surface area contributed by atoms with Gasteiger partial charge in [-0.15, -0.1) is 0 Å². The zero-order valence-electron chi connectivity index (χ0n) is 13.1. The highest BCUT2D eigenvalue weighted by Gasteiger charge is 2.16. The minimum absolute atomic E-state index is 0.150. The fourth-order valence-electron chi connectivity index (χ4n) is 2.80. The molecule has 2 rings (SSSR count). The molecule has 0 aliphatic carbocycles. The summed E-state index contributed by atoms with van der Waals surface area (Å²) in [6.45, 7) is 5.65. The van der Waals surface area contributed by atoms with E-state index in [0.717, 1.165) is 18.9 Å². The Labute approximate surface area is 127 Å². The average Bonchev–Trinajstić information content (AvgIpc) is 2.49. The largest absolute Gasteiger partial charge is 0.506 e. The summed E-state index contributed by atoms with van der Waals surface area (Å²) < 4.78 is 0. The van der Waals surface area contributed by atoms with Crippen molar-refractivity contribution in [2.45, 2.75) is 32.6 Å². The molecular weight excluding hydrogens is 264 g/mol. The molecule has 0 spiro atoms. The predicted octanol–water partition coefficient (Wildman–Crippen LogP) is 3.13. The third-order valence-corrected chi connectivity index (χ3v) is 4.34. The Balaban J connectivity index is 1.79. The normalized spacial score (nSPS) is 16.9. The van der Waals surface area contributed by atoms with Crippen molar-refractivity contribution in [3.63, 3.8) is 0 Å². The van der Waals surface area contributed by atoms with Gasteiger partial charge in [0.1, 0.15) is 5.75 Å². The van der Waals surface area contributed by atoms with Gasteiger partial charge in [0, 0.05) is 19.0 Å². The van der Waals surface area contributed by atoms with Gasteiger partial charge in [-0.2, -0.15) is 0 Å². The molecule has 2 N–H and O–H groups in total. The van der Waals surface area contributed by atoms with Gasteiger partial charge >= 0.3 is 0 Å². The lowest BCUT2D eigenvalue weighted by Gasteiger charge is -2.30. The SMILES string of the molecule is CNc1cc(C(=O)CCCN2CCC(C)CC2)ccc1O. The lowest BCUT2D eigenvalue weighted by Crippen LogP contribution is -2.33. The van der Waals surface area contributed by atoms with Crippen molar-refractivity contribution < 1.29 is 9.90 Å². The number of hydrogen-bond donors (Lipinski definition) is 2. The Bertz CT molecular complexity index is 480. The Morgan fingerprint density at radius 2 is 2.10 bits per heavy atom. The monoisotopic (exact) mass is 290 g/mol. The molecule has 1 fully saturated rings. The van der Waals surface area contributed by atoms with E-state index in [-0.39, 0.29) is 11.5 Å². The maximum Gasteiger partial charge on any atom is 0.163 e. The van der Waals surface area contributed by atoms with E-state index >= 15 is 0 Å². The molecule has 21 heavy (non-hydrogen) atoms. The van der Waals surface area contributed by atoms with Gasteiger partial charge in [0.15, 0.2) is 5.78 Å². The second-order valence-electron chi connectivity index (χ2n) is 6.03. The van der Waals surface area contributed by atoms with Crippen LogP contribution >= 0.6 is 0 Å². The highest BCUT2D eigenvalue weighted by Crippen LogP contribution is 2.24. The number of rotatable bonds is 6. The van der Waals surface area contributed by atoms with Gasteiger partial charge < -0.3 is 15.3 Å². The van der Waals surface area contributed by atoms with Crippen LogP contribution in [0, 0.1) is 5.92 Å². The van der Waals surface area contributed by atoms with E-state index in [1.54, 1.807) is 25.2 Å². The minimum Gasteiger partial charge on any atom is -0.506 e. The summed E-state index contributed by atoms with van der Waals surface area (Å²) in [7, 11) is 1.74. The number of hydrogen-bond acceptors (Lipinski definition) is 4. The van der Waals surface area contributed by atoms with Crippen molar-refractivity contribution in [1.29, 1.82) is 0 Å². The van der Waals surface area contributed by atoms with Crippen molar-refractivity contribution in [3.05, 3.63) is 23.8 Å². The number of anilines is 1. The summed E-state index contributed by atoms with van der Waals surface area (Å²) in [6, 6.07) is 4.99. The molecule has 1 aliphatic heterocycles. The topological polar surface area (TPSA) is 52.6 Å². The second-order valence-corrected chi connectivity index (χ2v) is 6.03. The van der Waals surface area contributed by atoms with E-state index < -0.39 is 0 Å². The number of phenolic OH excluding ortho intramolecular Hbond substituents is 1. The number of carbonyl (C=O) groups is 1. The van der Waals surface area contributed by atoms with Crippen molar-refractivity contribution in [1.82, 2.24) is 4.90 Å². The Hall–Kier alpha value is -1.55. The number of carbonyl (C=O) groups excluding carboxylic acids is 1. The average molecular weight is 290 g/mol. The Morgan fingerprint density at radius 3 is 2.76 bits per heavy atom. The van der Waals surface area contributed by atoms with Gasteiger partial charge in [-0.05, 0) is 63.0 Å². The van der Waals surface area contributed by atoms with E-state index in [0.29, 0.717) is 17.7 Å². The summed E-state index contributed by atoms with van der Waals surface area (Å²) >= 11 is 0. The summed E-state index contributed by atoms with van der Waals surface area (Å²) in [4.78, 5) is 14.7. The molecule has 0 radical (unpaired) electrons. The van der Waals surface area contributed by atoms with Crippen molar-refractivity contribution in [2.24, 2.45) is 5.92 Å². The van der Waals surface area contributed by atoms with Crippen LogP contribution in [0.25, 0.3) is 0 Å². The summed E-state index contributed by atoms with van der Waals surface area (Å²) in [5.41, 5.74) is 1.27. The third-order valence-electron chi connectivity index (χ3n) is 4.34. The van der Waals surface area contributed by atoms with Crippen LogP contribution in [-0.2, 0) is 0 Å². The number of phenols is 1. The number of Topliss-reactive ketones (excluding diaryl/α,β-unsaturated/α-hetero) is 1. The lowest BCUT2D eigenvalue weighted by molar-refractivity contribution is 0.0971. The minimum atomic E-state index is 0.150. The van der Waals surface area contributed by atoms with Crippen LogP contribution in [0.5, 0.6) is 5.75 Å². The molecule has 4 heteroatoms. The fraction of sp³-hybridized carbons (Fsp3) is 0.588.